The molecule has 3 heteroatoms. The molecule has 0 spiro atoms. The molecular formula is C11H18N2O. The molecule has 1 heterocycles. The minimum atomic E-state index is -0.663. The van der Waals surface area contributed by atoms with E-state index in [-0.39, 0.29) is 0 Å². The van der Waals surface area contributed by atoms with Crippen molar-refractivity contribution in [1.82, 2.24) is 10.3 Å². The van der Waals surface area contributed by atoms with E-state index < -0.39 is 5.60 Å². The molecule has 2 N–H and O–H groups in total. The predicted molar refractivity (Wildman–Crippen MR) is 57.0 cm³/mol. The Morgan fingerprint density at radius 3 is 2.71 bits per heavy atom. The Bertz CT molecular complexity index is 292. The van der Waals surface area contributed by atoms with E-state index in [1.165, 1.54) is 0 Å². The fraction of sp³-hybridized carbons (Fsp3) is 0.545. The van der Waals surface area contributed by atoms with Crippen LogP contribution < -0.4 is 5.32 Å². The van der Waals surface area contributed by atoms with E-state index in [4.69, 9.17) is 0 Å². The summed E-state index contributed by atoms with van der Waals surface area (Å²) in [5, 5.41) is 12.6. The van der Waals surface area contributed by atoms with Crippen molar-refractivity contribution in [1.29, 1.82) is 0 Å². The summed E-state index contributed by atoms with van der Waals surface area (Å²) in [7, 11) is 0. The average Bonchev–Trinajstić information content (AvgIpc) is 2.01. The minimum Gasteiger partial charge on any atom is -0.389 e. The van der Waals surface area contributed by atoms with E-state index in [0.717, 1.165) is 11.4 Å². The Kier molecular flexibility index (Phi) is 3.61. The van der Waals surface area contributed by atoms with Gasteiger partial charge >= 0.3 is 0 Å². The zero-order valence-corrected chi connectivity index (χ0v) is 9.04. The molecule has 0 radical (unpaired) electrons. The fourth-order valence-corrected chi connectivity index (χ4v) is 1.19. The molecule has 1 aromatic heterocycles. The van der Waals surface area contributed by atoms with Crippen LogP contribution in [0.25, 0.3) is 0 Å². The first-order valence-electron chi connectivity index (χ1n) is 4.83. The third kappa shape index (κ3) is 4.35. The highest BCUT2D eigenvalue weighted by Crippen LogP contribution is 2.00. The first-order valence-corrected chi connectivity index (χ1v) is 4.83. The molecule has 0 saturated carbocycles. The van der Waals surface area contributed by atoms with Crippen LogP contribution in [0.4, 0.5) is 0 Å². The first kappa shape index (κ1) is 11.1. The monoisotopic (exact) mass is 194 g/mol. The summed E-state index contributed by atoms with van der Waals surface area (Å²) in [6.45, 7) is 6.81. The van der Waals surface area contributed by atoms with Crippen molar-refractivity contribution in [3.63, 3.8) is 0 Å². The zero-order chi connectivity index (χ0) is 10.6. The van der Waals surface area contributed by atoms with Crippen molar-refractivity contribution in [2.45, 2.75) is 32.9 Å². The summed E-state index contributed by atoms with van der Waals surface area (Å²) in [6.07, 6.45) is 0. The number of pyridine rings is 1. The standard InChI is InChI=1S/C11H18N2O/c1-9-5-4-6-10(13-9)7-12-8-11(2,3)14/h4-6,12,14H,7-8H2,1-3H3. The van der Waals surface area contributed by atoms with Crippen molar-refractivity contribution in [3.8, 4) is 0 Å². The molecule has 0 saturated heterocycles. The lowest BCUT2D eigenvalue weighted by molar-refractivity contribution is 0.0794. The number of nitrogens with one attached hydrogen (secondary N) is 1. The summed E-state index contributed by atoms with van der Waals surface area (Å²) in [6, 6.07) is 5.94. The van der Waals surface area contributed by atoms with Crippen LogP contribution in [0.5, 0.6) is 0 Å². The first-order chi connectivity index (χ1) is 6.47. The number of rotatable bonds is 4. The maximum absolute atomic E-state index is 9.47. The van der Waals surface area contributed by atoms with Gasteiger partial charge in [0.2, 0.25) is 0 Å². The number of aryl methyl sites for hydroxylation is 1. The second-order valence-electron chi connectivity index (χ2n) is 4.19. The van der Waals surface area contributed by atoms with Gasteiger partial charge in [-0.05, 0) is 32.9 Å². The summed E-state index contributed by atoms with van der Waals surface area (Å²) in [5.74, 6) is 0. The Morgan fingerprint density at radius 1 is 1.43 bits per heavy atom. The van der Waals surface area contributed by atoms with Gasteiger partial charge in [0, 0.05) is 18.8 Å². The molecule has 0 unspecified atom stereocenters. The van der Waals surface area contributed by atoms with E-state index in [1.807, 2.05) is 25.1 Å². The maximum atomic E-state index is 9.47. The summed E-state index contributed by atoms with van der Waals surface area (Å²) in [4.78, 5) is 4.35. The molecule has 0 atom stereocenters. The topological polar surface area (TPSA) is 45.1 Å². The van der Waals surface area contributed by atoms with Gasteiger partial charge in [-0.1, -0.05) is 6.07 Å². The van der Waals surface area contributed by atoms with Gasteiger partial charge in [0.15, 0.2) is 0 Å². The second-order valence-corrected chi connectivity index (χ2v) is 4.19. The molecule has 78 valence electrons. The molecule has 0 amide bonds. The molecule has 0 aliphatic carbocycles. The summed E-state index contributed by atoms with van der Waals surface area (Å²) in [5.41, 5.74) is 1.37. The molecule has 1 rings (SSSR count). The van der Waals surface area contributed by atoms with Gasteiger partial charge in [0.1, 0.15) is 0 Å². The highest BCUT2D eigenvalue weighted by atomic mass is 16.3. The Hall–Kier alpha value is -0.930. The van der Waals surface area contributed by atoms with Crippen molar-refractivity contribution < 1.29 is 5.11 Å². The van der Waals surface area contributed by atoms with E-state index in [9.17, 15) is 5.11 Å². The van der Waals surface area contributed by atoms with Crippen LogP contribution in [-0.2, 0) is 6.54 Å². The lowest BCUT2D eigenvalue weighted by Gasteiger charge is -2.17. The van der Waals surface area contributed by atoms with Crippen molar-refractivity contribution in [2.24, 2.45) is 0 Å². The van der Waals surface area contributed by atoms with E-state index in [1.54, 1.807) is 13.8 Å². The maximum Gasteiger partial charge on any atom is 0.0715 e. The molecule has 3 nitrogen and oxygen atoms in total. The Morgan fingerprint density at radius 2 is 2.14 bits per heavy atom. The third-order valence-electron chi connectivity index (χ3n) is 1.81. The van der Waals surface area contributed by atoms with Gasteiger partial charge in [-0.2, -0.15) is 0 Å². The molecule has 14 heavy (non-hydrogen) atoms. The smallest absolute Gasteiger partial charge is 0.0715 e. The van der Waals surface area contributed by atoms with E-state index in [2.05, 4.69) is 10.3 Å². The van der Waals surface area contributed by atoms with Gasteiger partial charge in [0.05, 0.1) is 11.3 Å². The molecule has 0 aliphatic rings. The van der Waals surface area contributed by atoms with Crippen LogP contribution in [0.3, 0.4) is 0 Å². The molecule has 0 aliphatic heterocycles. The van der Waals surface area contributed by atoms with Crippen molar-refractivity contribution >= 4 is 0 Å². The number of hydrogen-bond donors (Lipinski definition) is 2. The van der Waals surface area contributed by atoms with Crippen LogP contribution in [-0.4, -0.2) is 22.2 Å². The van der Waals surface area contributed by atoms with Gasteiger partial charge < -0.3 is 10.4 Å². The van der Waals surface area contributed by atoms with E-state index in [0.29, 0.717) is 13.1 Å². The molecule has 0 bridgehead atoms. The summed E-state index contributed by atoms with van der Waals surface area (Å²) >= 11 is 0. The molecule has 0 fully saturated rings. The Balaban J connectivity index is 2.39. The number of nitrogens with zero attached hydrogens (tertiary/aromatic N) is 1. The zero-order valence-electron chi connectivity index (χ0n) is 9.04. The Labute approximate surface area is 85.2 Å². The van der Waals surface area contributed by atoms with E-state index >= 15 is 0 Å². The SMILES string of the molecule is Cc1cccc(CNCC(C)(C)O)n1. The quantitative estimate of drug-likeness (QED) is 0.758. The average molecular weight is 194 g/mol. The van der Waals surface area contributed by atoms with Gasteiger partial charge in [0.25, 0.3) is 0 Å². The van der Waals surface area contributed by atoms with Gasteiger partial charge in [-0.15, -0.1) is 0 Å². The lowest BCUT2D eigenvalue weighted by atomic mass is 10.1. The van der Waals surface area contributed by atoms with Crippen molar-refractivity contribution in [3.05, 3.63) is 29.6 Å². The normalized spacial score (nSPS) is 11.7. The number of aromatic nitrogens is 1. The predicted octanol–water partition coefficient (Wildman–Crippen LogP) is 1.25. The van der Waals surface area contributed by atoms with Crippen LogP contribution in [0.15, 0.2) is 18.2 Å². The highest BCUT2D eigenvalue weighted by molar-refractivity contribution is 5.09. The number of hydrogen-bond acceptors (Lipinski definition) is 3. The molecule has 1 aromatic rings. The van der Waals surface area contributed by atoms with Crippen LogP contribution in [0.2, 0.25) is 0 Å². The summed E-state index contributed by atoms with van der Waals surface area (Å²) < 4.78 is 0. The molecule has 0 aromatic carbocycles. The molecular weight excluding hydrogens is 176 g/mol. The van der Waals surface area contributed by atoms with Gasteiger partial charge in [-0.25, -0.2) is 0 Å². The van der Waals surface area contributed by atoms with Crippen molar-refractivity contribution in [2.75, 3.05) is 6.54 Å². The second kappa shape index (κ2) is 4.53. The van der Waals surface area contributed by atoms with Crippen LogP contribution in [0, 0.1) is 6.92 Å². The van der Waals surface area contributed by atoms with Gasteiger partial charge in [-0.3, -0.25) is 4.98 Å². The highest BCUT2D eigenvalue weighted by Gasteiger charge is 2.10. The number of aliphatic hydroxyl groups is 1. The van der Waals surface area contributed by atoms with Crippen LogP contribution in [0.1, 0.15) is 25.2 Å². The third-order valence-corrected chi connectivity index (χ3v) is 1.81. The fourth-order valence-electron chi connectivity index (χ4n) is 1.19. The lowest BCUT2D eigenvalue weighted by Crippen LogP contribution is -2.34. The largest absolute Gasteiger partial charge is 0.389 e. The van der Waals surface area contributed by atoms with Crippen LogP contribution >= 0.6 is 0 Å². The minimum absolute atomic E-state index is 0.572.